The molecule has 0 spiro atoms. The maximum atomic E-state index is 13.2. The molecule has 0 aliphatic carbocycles. The van der Waals surface area contributed by atoms with Gasteiger partial charge in [-0.3, -0.25) is 14.9 Å². The van der Waals surface area contributed by atoms with E-state index in [1.54, 1.807) is 32.2 Å². The lowest BCUT2D eigenvalue weighted by Crippen LogP contribution is -2.14. The molecule has 0 radical (unpaired) electrons. The lowest BCUT2D eigenvalue weighted by atomic mass is 10.0. The van der Waals surface area contributed by atoms with Crippen molar-refractivity contribution in [2.24, 2.45) is 0 Å². The van der Waals surface area contributed by atoms with Crippen molar-refractivity contribution in [2.75, 3.05) is 12.4 Å². The molecular formula is C24H19N3O4. The highest BCUT2D eigenvalue weighted by Crippen LogP contribution is 2.30. The smallest absolute Gasteiger partial charge is 0.293 e. The molecule has 7 nitrogen and oxygen atoms in total. The summed E-state index contributed by atoms with van der Waals surface area (Å²) in [5.41, 5.74) is 3.13. The van der Waals surface area contributed by atoms with Crippen LogP contribution in [-0.4, -0.2) is 22.9 Å². The summed E-state index contributed by atoms with van der Waals surface area (Å²) >= 11 is 0. The number of methoxy groups -OCH3 is 1. The minimum atomic E-state index is -0.505. The van der Waals surface area contributed by atoms with Gasteiger partial charge < -0.3 is 10.1 Å². The molecule has 0 fully saturated rings. The number of benzene rings is 3. The van der Waals surface area contributed by atoms with Crippen molar-refractivity contribution in [3.05, 3.63) is 94.0 Å². The molecule has 1 aromatic heterocycles. The quantitative estimate of drug-likeness (QED) is 0.350. The maximum absolute atomic E-state index is 13.2. The van der Waals surface area contributed by atoms with Crippen molar-refractivity contribution in [3.8, 4) is 17.0 Å². The van der Waals surface area contributed by atoms with Crippen LogP contribution < -0.4 is 10.1 Å². The van der Waals surface area contributed by atoms with Gasteiger partial charge in [0.05, 0.1) is 28.8 Å². The molecule has 0 atom stereocenters. The summed E-state index contributed by atoms with van der Waals surface area (Å²) in [4.78, 5) is 28.8. The molecule has 0 unspecified atom stereocenters. The summed E-state index contributed by atoms with van der Waals surface area (Å²) in [6, 6.07) is 21.1. The second kappa shape index (κ2) is 8.23. The van der Waals surface area contributed by atoms with Crippen LogP contribution >= 0.6 is 0 Å². The van der Waals surface area contributed by atoms with Crippen molar-refractivity contribution in [1.82, 2.24) is 4.98 Å². The van der Waals surface area contributed by atoms with E-state index in [2.05, 4.69) is 10.3 Å². The number of pyridine rings is 1. The molecule has 0 saturated carbocycles. The highest BCUT2D eigenvalue weighted by atomic mass is 16.6. The zero-order valence-corrected chi connectivity index (χ0v) is 17.0. The molecule has 154 valence electrons. The molecule has 7 heteroatoms. The number of amides is 1. The number of para-hydroxylation sites is 1. The minimum absolute atomic E-state index is 0.143. The molecule has 0 aliphatic heterocycles. The van der Waals surface area contributed by atoms with Gasteiger partial charge >= 0.3 is 0 Å². The molecule has 4 aromatic rings. The van der Waals surface area contributed by atoms with Gasteiger partial charge in [0.25, 0.3) is 11.6 Å². The number of anilines is 1. The number of rotatable bonds is 5. The first-order valence-corrected chi connectivity index (χ1v) is 9.57. The third-order valence-corrected chi connectivity index (χ3v) is 4.92. The van der Waals surface area contributed by atoms with E-state index in [1.165, 1.54) is 12.1 Å². The van der Waals surface area contributed by atoms with E-state index in [4.69, 9.17) is 4.74 Å². The normalized spacial score (nSPS) is 10.6. The SMILES string of the molecule is COc1cccc(-c2cc(C(=O)Nc3ccc(C)cc3[N+](=O)[O-])c3ccccc3n2)c1. The van der Waals surface area contributed by atoms with E-state index in [0.29, 0.717) is 27.9 Å². The minimum Gasteiger partial charge on any atom is -0.497 e. The Morgan fingerprint density at radius 1 is 1.03 bits per heavy atom. The molecule has 4 rings (SSSR count). The second-order valence-electron chi connectivity index (χ2n) is 7.04. The van der Waals surface area contributed by atoms with Gasteiger partial charge in [-0.05, 0) is 42.8 Å². The average molecular weight is 413 g/mol. The van der Waals surface area contributed by atoms with E-state index < -0.39 is 10.8 Å². The number of nitro groups is 1. The van der Waals surface area contributed by atoms with Crippen LogP contribution in [0.4, 0.5) is 11.4 Å². The molecular weight excluding hydrogens is 394 g/mol. The fraction of sp³-hybridized carbons (Fsp3) is 0.0833. The first-order chi connectivity index (χ1) is 15.0. The highest BCUT2D eigenvalue weighted by Gasteiger charge is 2.19. The molecule has 0 saturated heterocycles. The van der Waals surface area contributed by atoms with Gasteiger partial charge in [0.2, 0.25) is 0 Å². The van der Waals surface area contributed by atoms with Crippen LogP contribution in [-0.2, 0) is 0 Å². The number of hydrogen-bond acceptors (Lipinski definition) is 5. The number of ether oxygens (including phenoxy) is 1. The summed E-state index contributed by atoms with van der Waals surface area (Å²) in [5.74, 6) is 0.225. The second-order valence-corrected chi connectivity index (χ2v) is 7.04. The number of nitrogens with one attached hydrogen (secondary N) is 1. The Kier molecular flexibility index (Phi) is 5.32. The predicted octanol–water partition coefficient (Wildman–Crippen LogP) is 5.38. The number of nitrogens with zero attached hydrogens (tertiary/aromatic N) is 2. The van der Waals surface area contributed by atoms with Crippen LogP contribution in [0.3, 0.4) is 0 Å². The van der Waals surface area contributed by atoms with E-state index in [1.807, 2.05) is 42.5 Å². The summed E-state index contributed by atoms with van der Waals surface area (Å²) in [6.07, 6.45) is 0. The van der Waals surface area contributed by atoms with Gasteiger partial charge in [-0.2, -0.15) is 0 Å². The van der Waals surface area contributed by atoms with E-state index in [-0.39, 0.29) is 11.4 Å². The number of nitro benzene ring substituents is 1. The van der Waals surface area contributed by atoms with Crippen LogP contribution in [0.1, 0.15) is 15.9 Å². The summed E-state index contributed by atoms with van der Waals surface area (Å²) in [5, 5.41) is 14.8. The highest BCUT2D eigenvalue weighted by molar-refractivity contribution is 6.13. The largest absolute Gasteiger partial charge is 0.497 e. The molecule has 31 heavy (non-hydrogen) atoms. The van der Waals surface area contributed by atoms with Crippen molar-refractivity contribution in [3.63, 3.8) is 0 Å². The maximum Gasteiger partial charge on any atom is 0.293 e. The Hall–Kier alpha value is -4.26. The molecule has 1 amide bonds. The summed E-state index contributed by atoms with van der Waals surface area (Å²) in [7, 11) is 1.58. The third-order valence-electron chi connectivity index (χ3n) is 4.92. The Morgan fingerprint density at radius 3 is 2.61 bits per heavy atom. The Labute approximate surface area is 178 Å². The average Bonchev–Trinajstić information content (AvgIpc) is 2.79. The zero-order chi connectivity index (χ0) is 22.0. The lowest BCUT2D eigenvalue weighted by Gasteiger charge is -2.12. The third kappa shape index (κ3) is 4.06. The number of hydrogen-bond donors (Lipinski definition) is 1. The molecule has 3 aromatic carbocycles. The van der Waals surface area contributed by atoms with Crippen molar-refractivity contribution in [2.45, 2.75) is 6.92 Å². The molecule has 1 heterocycles. The first kappa shape index (κ1) is 20.0. The van der Waals surface area contributed by atoms with E-state index in [9.17, 15) is 14.9 Å². The first-order valence-electron chi connectivity index (χ1n) is 9.57. The van der Waals surface area contributed by atoms with Crippen LogP contribution in [0.25, 0.3) is 22.2 Å². The van der Waals surface area contributed by atoms with Crippen molar-refractivity contribution < 1.29 is 14.5 Å². The van der Waals surface area contributed by atoms with E-state index in [0.717, 1.165) is 11.1 Å². The Bertz CT molecular complexity index is 1320. The molecule has 0 bridgehead atoms. The topological polar surface area (TPSA) is 94.4 Å². The number of aromatic nitrogens is 1. The van der Waals surface area contributed by atoms with Gasteiger partial charge in [0.15, 0.2) is 0 Å². The lowest BCUT2D eigenvalue weighted by molar-refractivity contribution is -0.384. The Balaban J connectivity index is 1.81. The van der Waals surface area contributed by atoms with Gasteiger partial charge in [0.1, 0.15) is 11.4 Å². The van der Waals surface area contributed by atoms with Crippen LogP contribution in [0, 0.1) is 17.0 Å². The number of aryl methyl sites for hydroxylation is 1. The van der Waals surface area contributed by atoms with Gasteiger partial charge in [-0.25, -0.2) is 4.98 Å². The predicted molar refractivity (Wildman–Crippen MR) is 120 cm³/mol. The van der Waals surface area contributed by atoms with Crippen LogP contribution in [0.2, 0.25) is 0 Å². The number of carbonyl (C=O) groups is 1. The monoisotopic (exact) mass is 413 g/mol. The molecule has 0 aliphatic rings. The fourth-order valence-corrected chi connectivity index (χ4v) is 3.38. The standard InChI is InChI=1S/C24H19N3O4/c1-15-10-11-21(23(12-15)27(29)30)26-24(28)19-14-22(16-6-5-7-17(13-16)31-2)25-20-9-4-3-8-18(19)20/h3-14H,1-2H3,(H,26,28). The van der Waals surface area contributed by atoms with Gasteiger partial charge in [-0.1, -0.05) is 36.4 Å². The van der Waals surface area contributed by atoms with Gasteiger partial charge in [-0.15, -0.1) is 0 Å². The Morgan fingerprint density at radius 2 is 1.84 bits per heavy atom. The van der Waals surface area contributed by atoms with E-state index >= 15 is 0 Å². The number of carbonyl (C=O) groups excluding carboxylic acids is 1. The van der Waals surface area contributed by atoms with Crippen molar-refractivity contribution >= 4 is 28.2 Å². The van der Waals surface area contributed by atoms with Crippen molar-refractivity contribution in [1.29, 1.82) is 0 Å². The van der Waals surface area contributed by atoms with Gasteiger partial charge in [0, 0.05) is 17.0 Å². The zero-order valence-electron chi connectivity index (χ0n) is 17.0. The molecule has 1 N–H and O–H groups in total. The number of fused-ring (bicyclic) bond motifs is 1. The summed E-state index contributed by atoms with van der Waals surface area (Å²) in [6.45, 7) is 1.76. The summed E-state index contributed by atoms with van der Waals surface area (Å²) < 4.78 is 5.29. The fourth-order valence-electron chi connectivity index (χ4n) is 3.38. The van der Waals surface area contributed by atoms with Crippen LogP contribution in [0.15, 0.2) is 72.8 Å². The van der Waals surface area contributed by atoms with Crippen LogP contribution in [0.5, 0.6) is 5.75 Å².